The summed E-state index contributed by atoms with van der Waals surface area (Å²) in [6.07, 6.45) is 1.54. The minimum absolute atomic E-state index is 0.0142. The molecule has 0 spiro atoms. The molecule has 5 nitrogen and oxygen atoms in total. The van der Waals surface area contributed by atoms with Crippen molar-refractivity contribution in [1.82, 2.24) is 9.97 Å². The van der Waals surface area contributed by atoms with E-state index in [2.05, 4.69) is 9.97 Å². The van der Waals surface area contributed by atoms with Crippen LogP contribution in [0.5, 0.6) is 0 Å². The predicted octanol–water partition coefficient (Wildman–Crippen LogP) is 2.91. The molecule has 82 valence electrons. The molecular weight excluding hydrogens is 246 g/mol. The molecule has 0 radical (unpaired) electrons. The molecule has 0 saturated carbocycles. The van der Waals surface area contributed by atoms with Crippen LogP contribution in [-0.2, 0) is 0 Å². The first-order valence-corrected chi connectivity index (χ1v) is 6.06. The number of thiazole rings is 1. The van der Waals surface area contributed by atoms with E-state index < -0.39 is 4.92 Å². The Morgan fingerprint density at radius 2 is 2.38 bits per heavy atom. The molecule has 2 aromatic rings. The zero-order valence-corrected chi connectivity index (χ0v) is 9.92. The monoisotopic (exact) mass is 253 g/mol. The molecule has 0 amide bonds. The Bertz CT molecular complexity index is 527. The van der Waals surface area contributed by atoms with E-state index in [0.29, 0.717) is 5.03 Å². The highest BCUT2D eigenvalue weighted by atomic mass is 32.2. The molecule has 7 heteroatoms. The summed E-state index contributed by atoms with van der Waals surface area (Å²) in [4.78, 5) is 18.5. The Labute approximate surface area is 99.7 Å². The molecule has 0 unspecified atom stereocenters. The molecule has 0 aromatic carbocycles. The highest BCUT2D eigenvalue weighted by Crippen LogP contribution is 2.34. The van der Waals surface area contributed by atoms with Gasteiger partial charge in [0.1, 0.15) is 0 Å². The van der Waals surface area contributed by atoms with E-state index in [1.807, 2.05) is 12.3 Å². The molecule has 2 rings (SSSR count). The summed E-state index contributed by atoms with van der Waals surface area (Å²) in [7, 11) is 0. The average Bonchev–Trinajstić information content (AvgIpc) is 2.64. The fourth-order valence-corrected chi connectivity index (χ4v) is 2.87. The SMILES string of the molecule is Cc1csc(Sc2ncccc2[N+](=O)[O-])n1. The lowest BCUT2D eigenvalue weighted by Gasteiger charge is -1.97. The van der Waals surface area contributed by atoms with Crippen molar-refractivity contribution < 1.29 is 4.92 Å². The van der Waals surface area contributed by atoms with Crippen LogP contribution in [-0.4, -0.2) is 14.9 Å². The van der Waals surface area contributed by atoms with Gasteiger partial charge in [-0.3, -0.25) is 10.1 Å². The van der Waals surface area contributed by atoms with E-state index in [-0.39, 0.29) is 5.69 Å². The van der Waals surface area contributed by atoms with Crippen LogP contribution in [0.1, 0.15) is 5.69 Å². The molecule has 0 N–H and O–H groups in total. The standard InChI is InChI=1S/C9H7N3O2S2/c1-6-5-15-9(11-6)16-8-7(12(13)14)3-2-4-10-8/h2-5H,1H3. The van der Waals surface area contributed by atoms with Gasteiger partial charge in [-0.15, -0.1) is 11.3 Å². The van der Waals surface area contributed by atoms with E-state index in [1.165, 1.54) is 35.4 Å². The minimum Gasteiger partial charge on any atom is -0.258 e. The van der Waals surface area contributed by atoms with Gasteiger partial charge in [-0.05, 0) is 24.8 Å². The van der Waals surface area contributed by atoms with Crippen molar-refractivity contribution >= 4 is 28.8 Å². The van der Waals surface area contributed by atoms with Gasteiger partial charge < -0.3 is 0 Å². The second-order valence-corrected chi connectivity index (χ2v) is 5.04. The number of hydrogen-bond acceptors (Lipinski definition) is 6. The molecule has 0 bridgehead atoms. The Morgan fingerprint density at radius 3 is 3.00 bits per heavy atom. The van der Waals surface area contributed by atoms with Gasteiger partial charge in [0.25, 0.3) is 0 Å². The van der Waals surface area contributed by atoms with E-state index in [9.17, 15) is 10.1 Å². The first kappa shape index (κ1) is 11.0. The third-order valence-electron chi connectivity index (χ3n) is 1.73. The van der Waals surface area contributed by atoms with Crippen LogP contribution in [0.2, 0.25) is 0 Å². The Morgan fingerprint density at radius 1 is 1.56 bits per heavy atom. The van der Waals surface area contributed by atoms with Gasteiger partial charge in [0.2, 0.25) is 0 Å². The summed E-state index contributed by atoms with van der Waals surface area (Å²) in [5.41, 5.74) is 0.923. The van der Waals surface area contributed by atoms with Crippen LogP contribution in [0.4, 0.5) is 5.69 Å². The van der Waals surface area contributed by atoms with Crippen LogP contribution < -0.4 is 0 Å². The van der Waals surface area contributed by atoms with Crippen molar-refractivity contribution in [3.05, 3.63) is 39.5 Å². The van der Waals surface area contributed by atoms with Gasteiger partial charge in [0.15, 0.2) is 9.37 Å². The number of hydrogen-bond donors (Lipinski definition) is 0. The maximum Gasteiger partial charge on any atom is 0.301 e. The quantitative estimate of drug-likeness (QED) is 0.621. The number of aryl methyl sites for hydroxylation is 1. The molecule has 0 atom stereocenters. The lowest BCUT2D eigenvalue weighted by Crippen LogP contribution is -1.92. The maximum atomic E-state index is 10.8. The van der Waals surface area contributed by atoms with Gasteiger partial charge in [-0.1, -0.05) is 0 Å². The van der Waals surface area contributed by atoms with Gasteiger partial charge in [0, 0.05) is 23.3 Å². The highest BCUT2D eigenvalue weighted by Gasteiger charge is 2.16. The van der Waals surface area contributed by atoms with Crippen LogP contribution >= 0.6 is 23.1 Å². The summed E-state index contributed by atoms with van der Waals surface area (Å²) in [6.45, 7) is 1.88. The first-order valence-electron chi connectivity index (χ1n) is 4.36. The zero-order valence-electron chi connectivity index (χ0n) is 8.28. The summed E-state index contributed by atoms with van der Waals surface area (Å²) in [5.74, 6) is 0. The third kappa shape index (κ3) is 2.37. The lowest BCUT2D eigenvalue weighted by molar-refractivity contribution is -0.388. The molecule has 0 aliphatic carbocycles. The van der Waals surface area contributed by atoms with Crippen molar-refractivity contribution in [1.29, 1.82) is 0 Å². The molecular formula is C9H7N3O2S2. The third-order valence-corrected chi connectivity index (χ3v) is 3.79. The summed E-state index contributed by atoms with van der Waals surface area (Å²) in [5, 5.41) is 13.0. The van der Waals surface area contributed by atoms with Gasteiger partial charge >= 0.3 is 5.69 Å². The molecule has 0 fully saturated rings. The Kier molecular flexibility index (Phi) is 3.16. The molecule has 0 aliphatic heterocycles. The predicted molar refractivity (Wildman–Crippen MR) is 61.9 cm³/mol. The fourth-order valence-electron chi connectivity index (χ4n) is 1.06. The van der Waals surface area contributed by atoms with E-state index in [0.717, 1.165) is 10.0 Å². The summed E-state index contributed by atoms with van der Waals surface area (Å²) >= 11 is 2.67. The molecule has 2 aromatic heterocycles. The smallest absolute Gasteiger partial charge is 0.258 e. The first-order chi connectivity index (χ1) is 7.66. The number of nitro groups is 1. The number of nitrogens with zero attached hydrogens (tertiary/aromatic N) is 3. The fraction of sp³-hybridized carbons (Fsp3) is 0.111. The van der Waals surface area contributed by atoms with Gasteiger partial charge in [-0.25, -0.2) is 9.97 Å². The largest absolute Gasteiger partial charge is 0.301 e. The average molecular weight is 253 g/mol. The second-order valence-electron chi connectivity index (χ2n) is 2.94. The number of pyridine rings is 1. The van der Waals surface area contributed by atoms with Crippen molar-refractivity contribution in [2.24, 2.45) is 0 Å². The highest BCUT2D eigenvalue weighted by molar-refractivity contribution is 8.01. The molecule has 16 heavy (non-hydrogen) atoms. The van der Waals surface area contributed by atoms with Crippen molar-refractivity contribution in [3.63, 3.8) is 0 Å². The van der Waals surface area contributed by atoms with E-state index in [4.69, 9.17) is 0 Å². The Balaban J connectivity index is 2.31. The van der Waals surface area contributed by atoms with E-state index >= 15 is 0 Å². The maximum absolute atomic E-state index is 10.8. The van der Waals surface area contributed by atoms with Crippen LogP contribution in [0.15, 0.2) is 33.1 Å². The summed E-state index contributed by atoms with van der Waals surface area (Å²) in [6, 6.07) is 2.99. The van der Waals surface area contributed by atoms with E-state index in [1.54, 1.807) is 6.07 Å². The van der Waals surface area contributed by atoms with Crippen LogP contribution in [0.25, 0.3) is 0 Å². The number of aromatic nitrogens is 2. The normalized spacial score (nSPS) is 10.3. The van der Waals surface area contributed by atoms with Crippen molar-refractivity contribution in [3.8, 4) is 0 Å². The van der Waals surface area contributed by atoms with Crippen molar-refractivity contribution in [2.45, 2.75) is 16.3 Å². The number of rotatable bonds is 3. The van der Waals surface area contributed by atoms with Crippen LogP contribution in [0.3, 0.4) is 0 Å². The van der Waals surface area contributed by atoms with Crippen molar-refractivity contribution in [2.75, 3.05) is 0 Å². The second kappa shape index (κ2) is 4.58. The van der Waals surface area contributed by atoms with Gasteiger partial charge in [0.05, 0.1) is 4.92 Å². The molecule has 2 heterocycles. The van der Waals surface area contributed by atoms with Gasteiger partial charge in [-0.2, -0.15) is 0 Å². The molecule has 0 aliphatic rings. The molecule has 0 saturated heterocycles. The Hall–Kier alpha value is -1.47. The summed E-state index contributed by atoms with van der Waals surface area (Å²) < 4.78 is 0.763. The lowest BCUT2D eigenvalue weighted by atomic mass is 10.4. The minimum atomic E-state index is -0.435. The van der Waals surface area contributed by atoms with Crippen LogP contribution in [0, 0.1) is 17.0 Å². The topological polar surface area (TPSA) is 68.9 Å². The zero-order chi connectivity index (χ0) is 11.5.